The lowest BCUT2D eigenvalue weighted by Crippen LogP contribution is -2.14. The van der Waals surface area contributed by atoms with Crippen molar-refractivity contribution in [1.82, 2.24) is 0 Å². The summed E-state index contributed by atoms with van der Waals surface area (Å²) in [6.45, 7) is 12.3. The number of hydrogen-bond acceptors (Lipinski definition) is 2. The quantitative estimate of drug-likeness (QED) is 0.484. The van der Waals surface area contributed by atoms with Gasteiger partial charge in [-0.1, -0.05) is 26.8 Å². The topological polar surface area (TPSA) is 26.3 Å². The molecule has 0 bridgehead atoms. The zero-order chi connectivity index (χ0) is 11.2. The monoisotopic (exact) mass is 198 g/mol. The van der Waals surface area contributed by atoms with Crippen LogP contribution in [0.1, 0.15) is 40.5 Å². The summed E-state index contributed by atoms with van der Waals surface area (Å²) >= 11 is 0. The molecule has 2 heteroatoms. The van der Waals surface area contributed by atoms with E-state index in [9.17, 15) is 4.79 Å². The Balaban J connectivity index is 3.70. The van der Waals surface area contributed by atoms with Gasteiger partial charge in [0.25, 0.3) is 0 Å². The fraction of sp³-hybridized carbons (Fsp3) is 0.750. The van der Waals surface area contributed by atoms with Crippen molar-refractivity contribution >= 4 is 5.97 Å². The summed E-state index contributed by atoms with van der Waals surface area (Å²) in [4.78, 5) is 10.5. The Morgan fingerprint density at radius 3 is 2.57 bits per heavy atom. The van der Waals surface area contributed by atoms with Crippen LogP contribution in [0.3, 0.4) is 0 Å². The van der Waals surface area contributed by atoms with Crippen molar-refractivity contribution < 1.29 is 9.53 Å². The highest BCUT2D eigenvalue weighted by Crippen LogP contribution is 2.27. The summed E-state index contributed by atoms with van der Waals surface area (Å²) in [5, 5.41) is 0. The Morgan fingerprint density at radius 1 is 1.57 bits per heavy atom. The molecule has 0 N–H and O–H groups in total. The first-order valence-corrected chi connectivity index (χ1v) is 5.14. The highest BCUT2D eigenvalue weighted by Gasteiger charge is 2.17. The maximum Gasteiger partial charge on any atom is 0.302 e. The van der Waals surface area contributed by atoms with Crippen LogP contribution in [-0.2, 0) is 9.53 Å². The molecule has 0 fully saturated rings. The Labute approximate surface area is 87.3 Å². The number of carbonyl (C=O) groups excluding carboxylic acids is 1. The van der Waals surface area contributed by atoms with Crippen LogP contribution in [0.15, 0.2) is 12.7 Å². The lowest BCUT2D eigenvalue weighted by molar-refractivity contribution is -0.141. The normalized spacial score (nSPS) is 13.4. The maximum atomic E-state index is 10.5. The van der Waals surface area contributed by atoms with Crippen LogP contribution in [0, 0.1) is 11.3 Å². The Hall–Kier alpha value is -0.790. The molecule has 82 valence electrons. The van der Waals surface area contributed by atoms with E-state index < -0.39 is 0 Å². The molecule has 0 aromatic carbocycles. The number of allylic oxidation sites excluding steroid dienone is 1. The summed E-state index contributed by atoms with van der Waals surface area (Å²) in [6.07, 6.45) is 3.99. The maximum absolute atomic E-state index is 10.5. The van der Waals surface area contributed by atoms with E-state index in [1.54, 1.807) is 0 Å². The van der Waals surface area contributed by atoms with E-state index in [2.05, 4.69) is 27.4 Å². The molecule has 1 atom stereocenters. The molecule has 0 rings (SSSR count). The van der Waals surface area contributed by atoms with E-state index in [0.717, 1.165) is 12.8 Å². The largest absolute Gasteiger partial charge is 0.466 e. The first-order chi connectivity index (χ1) is 6.37. The molecule has 0 saturated heterocycles. The highest BCUT2D eigenvalue weighted by atomic mass is 16.5. The summed E-state index contributed by atoms with van der Waals surface area (Å²) in [6, 6.07) is 0. The average molecular weight is 198 g/mol. The standard InChI is InChI=1S/C12H22O2/c1-6-12(4,5)9-10(2)7-8-14-11(3)13/h6,10H,1,7-9H2,2-5H3. The van der Waals surface area contributed by atoms with Crippen LogP contribution in [0.4, 0.5) is 0 Å². The van der Waals surface area contributed by atoms with Gasteiger partial charge in [0.05, 0.1) is 6.61 Å². The number of rotatable bonds is 6. The van der Waals surface area contributed by atoms with Crippen molar-refractivity contribution in [3.63, 3.8) is 0 Å². The van der Waals surface area contributed by atoms with Gasteiger partial charge >= 0.3 is 5.97 Å². The second-order valence-corrected chi connectivity index (χ2v) is 4.63. The lowest BCUT2D eigenvalue weighted by atomic mass is 9.82. The molecule has 1 unspecified atom stereocenters. The number of ether oxygens (including phenoxy) is 1. The third-order valence-corrected chi connectivity index (χ3v) is 2.34. The van der Waals surface area contributed by atoms with Crippen LogP contribution in [0.5, 0.6) is 0 Å². The first kappa shape index (κ1) is 13.2. The third-order valence-electron chi connectivity index (χ3n) is 2.34. The van der Waals surface area contributed by atoms with E-state index in [1.165, 1.54) is 6.92 Å². The first-order valence-electron chi connectivity index (χ1n) is 5.14. The minimum absolute atomic E-state index is 0.176. The second kappa shape index (κ2) is 5.84. The highest BCUT2D eigenvalue weighted by molar-refractivity contribution is 5.65. The van der Waals surface area contributed by atoms with Crippen molar-refractivity contribution in [2.75, 3.05) is 6.61 Å². The van der Waals surface area contributed by atoms with Crippen LogP contribution in [-0.4, -0.2) is 12.6 Å². The third kappa shape index (κ3) is 6.70. The molecule has 0 heterocycles. The number of hydrogen-bond donors (Lipinski definition) is 0. The number of carbonyl (C=O) groups is 1. The van der Waals surface area contributed by atoms with Gasteiger partial charge in [0.2, 0.25) is 0 Å². The van der Waals surface area contributed by atoms with Gasteiger partial charge in [0.1, 0.15) is 0 Å². The Bertz CT molecular complexity index is 194. The van der Waals surface area contributed by atoms with Gasteiger partial charge < -0.3 is 4.74 Å². The van der Waals surface area contributed by atoms with Gasteiger partial charge in [-0.25, -0.2) is 0 Å². The van der Waals surface area contributed by atoms with Crippen molar-refractivity contribution in [1.29, 1.82) is 0 Å². The molecule has 0 aromatic rings. The van der Waals surface area contributed by atoms with Crippen molar-refractivity contribution in [3.8, 4) is 0 Å². The summed E-state index contributed by atoms with van der Waals surface area (Å²) in [7, 11) is 0. The molecule has 0 radical (unpaired) electrons. The van der Waals surface area contributed by atoms with Crippen molar-refractivity contribution in [2.45, 2.75) is 40.5 Å². The van der Waals surface area contributed by atoms with E-state index in [0.29, 0.717) is 12.5 Å². The van der Waals surface area contributed by atoms with Gasteiger partial charge in [0.15, 0.2) is 0 Å². The minimum Gasteiger partial charge on any atom is -0.466 e. The molecule has 0 amide bonds. The van der Waals surface area contributed by atoms with Crippen molar-refractivity contribution in [2.24, 2.45) is 11.3 Å². The summed E-state index contributed by atoms with van der Waals surface area (Å²) < 4.78 is 4.90. The van der Waals surface area contributed by atoms with Gasteiger partial charge in [-0.05, 0) is 24.2 Å². The molecule has 14 heavy (non-hydrogen) atoms. The Morgan fingerprint density at radius 2 is 2.14 bits per heavy atom. The molecule has 0 aromatic heterocycles. The minimum atomic E-state index is -0.194. The van der Waals surface area contributed by atoms with Crippen LogP contribution >= 0.6 is 0 Å². The van der Waals surface area contributed by atoms with E-state index >= 15 is 0 Å². The zero-order valence-electron chi connectivity index (χ0n) is 9.80. The molecule has 2 nitrogen and oxygen atoms in total. The van der Waals surface area contributed by atoms with Crippen molar-refractivity contribution in [3.05, 3.63) is 12.7 Å². The van der Waals surface area contributed by atoms with Crippen LogP contribution in [0.2, 0.25) is 0 Å². The van der Waals surface area contributed by atoms with Gasteiger partial charge in [-0.15, -0.1) is 6.58 Å². The molecule has 0 saturated carbocycles. The van der Waals surface area contributed by atoms with Gasteiger partial charge in [-0.2, -0.15) is 0 Å². The predicted molar refractivity (Wildman–Crippen MR) is 59.0 cm³/mol. The summed E-state index contributed by atoms with van der Waals surface area (Å²) in [5.74, 6) is 0.363. The second-order valence-electron chi connectivity index (χ2n) is 4.63. The fourth-order valence-electron chi connectivity index (χ4n) is 1.49. The fourth-order valence-corrected chi connectivity index (χ4v) is 1.49. The molecule has 0 spiro atoms. The molecule has 0 aliphatic rings. The SMILES string of the molecule is C=CC(C)(C)CC(C)CCOC(C)=O. The lowest BCUT2D eigenvalue weighted by Gasteiger charge is -2.24. The van der Waals surface area contributed by atoms with Crippen LogP contribution in [0.25, 0.3) is 0 Å². The summed E-state index contributed by atoms with van der Waals surface area (Å²) in [5.41, 5.74) is 0.176. The molecule has 0 aliphatic carbocycles. The van der Waals surface area contributed by atoms with Gasteiger partial charge in [-0.3, -0.25) is 4.79 Å². The zero-order valence-corrected chi connectivity index (χ0v) is 9.80. The van der Waals surface area contributed by atoms with Crippen LogP contribution < -0.4 is 0 Å². The average Bonchev–Trinajstić information content (AvgIpc) is 2.02. The number of esters is 1. The predicted octanol–water partition coefficient (Wildman–Crippen LogP) is 3.18. The molecular weight excluding hydrogens is 176 g/mol. The molecule has 0 aliphatic heterocycles. The van der Waals surface area contributed by atoms with Gasteiger partial charge in [0, 0.05) is 6.92 Å². The molecular formula is C12H22O2. The van der Waals surface area contributed by atoms with E-state index in [4.69, 9.17) is 4.74 Å². The smallest absolute Gasteiger partial charge is 0.302 e. The van der Waals surface area contributed by atoms with E-state index in [1.807, 2.05) is 6.08 Å². The van der Waals surface area contributed by atoms with E-state index in [-0.39, 0.29) is 11.4 Å². The Kier molecular flexibility index (Phi) is 5.51.